The number of methoxy groups -OCH3 is 1. The highest BCUT2D eigenvalue weighted by Gasteiger charge is 2.37. The Morgan fingerprint density at radius 3 is 2.59 bits per heavy atom. The summed E-state index contributed by atoms with van der Waals surface area (Å²) in [4.78, 5) is 16.6. The Balaban J connectivity index is 1.58. The van der Waals surface area contributed by atoms with Crippen LogP contribution in [-0.4, -0.2) is 87.5 Å². The molecule has 0 bridgehead atoms. The molecule has 2 heterocycles. The summed E-state index contributed by atoms with van der Waals surface area (Å²) in [5.41, 5.74) is 0.804. The number of likely N-dealkylation sites (tertiary alicyclic amines) is 1. The van der Waals surface area contributed by atoms with Gasteiger partial charge < -0.3 is 9.64 Å². The van der Waals surface area contributed by atoms with Crippen LogP contribution >= 0.6 is 0 Å². The van der Waals surface area contributed by atoms with E-state index in [9.17, 15) is 13.2 Å². The Hall–Kier alpha value is -1.48. The number of carbonyl (C=O) groups excluding carboxylic acids is 1. The van der Waals surface area contributed by atoms with Crippen LogP contribution in [-0.2, 0) is 25.3 Å². The van der Waals surface area contributed by atoms with Gasteiger partial charge in [-0.2, -0.15) is 0 Å². The molecule has 2 saturated heterocycles. The van der Waals surface area contributed by atoms with Gasteiger partial charge in [0.1, 0.15) is 0 Å². The average molecular weight is 396 g/mol. The van der Waals surface area contributed by atoms with Gasteiger partial charge in [0.05, 0.1) is 18.4 Å². The third-order valence-electron chi connectivity index (χ3n) is 5.35. The van der Waals surface area contributed by atoms with Crippen LogP contribution in [0, 0.1) is 0 Å². The van der Waals surface area contributed by atoms with Crippen molar-refractivity contribution in [1.82, 2.24) is 14.1 Å². The van der Waals surface area contributed by atoms with Crippen molar-refractivity contribution in [1.29, 1.82) is 0 Å². The molecule has 0 aliphatic carbocycles. The van der Waals surface area contributed by atoms with Crippen molar-refractivity contribution in [2.45, 2.75) is 24.6 Å². The van der Waals surface area contributed by atoms with Gasteiger partial charge in [0.2, 0.25) is 15.9 Å². The molecule has 1 aromatic rings. The molecule has 0 unspecified atom stereocenters. The van der Waals surface area contributed by atoms with Crippen molar-refractivity contribution in [2.75, 3.05) is 53.0 Å². The van der Waals surface area contributed by atoms with Crippen molar-refractivity contribution in [3.63, 3.8) is 0 Å². The highest BCUT2D eigenvalue weighted by molar-refractivity contribution is 7.88. The van der Waals surface area contributed by atoms with Crippen molar-refractivity contribution < 1.29 is 17.9 Å². The summed E-state index contributed by atoms with van der Waals surface area (Å²) in [5, 5.41) is 0. The Bertz CT molecular complexity index is 726. The van der Waals surface area contributed by atoms with E-state index >= 15 is 0 Å². The zero-order valence-corrected chi connectivity index (χ0v) is 16.7. The minimum absolute atomic E-state index is 0.0288. The lowest BCUT2D eigenvalue weighted by Gasteiger charge is -2.26. The third kappa shape index (κ3) is 5.07. The monoisotopic (exact) mass is 395 g/mol. The molecule has 0 spiro atoms. The summed E-state index contributed by atoms with van der Waals surface area (Å²) in [6.45, 7) is 4.23. The number of hydrogen-bond donors (Lipinski definition) is 0. The summed E-state index contributed by atoms with van der Waals surface area (Å²) in [7, 11) is -1.71. The van der Waals surface area contributed by atoms with Gasteiger partial charge in [-0.05, 0) is 18.4 Å². The molecule has 1 aromatic carbocycles. The largest absolute Gasteiger partial charge is 0.383 e. The second-order valence-corrected chi connectivity index (χ2v) is 9.12. The first-order valence-electron chi connectivity index (χ1n) is 9.55. The standard InChI is InChI=1S/C19H29N3O4S/c1-26-15-14-21-11-8-18(19(21)23)20-9-5-10-22(13-12-20)27(24,25)16-17-6-3-2-4-7-17/h2-4,6-7,18H,5,8-16H2,1H3/t18-/m1/s1. The number of amides is 1. The number of carbonyl (C=O) groups is 1. The second kappa shape index (κ2) is 9.14. The highest BCUT2D eigenvalue weighted by atomic mass is 32.2. The molecule has 0 saturated carbocycles. The van der Waals surface area contributed by atoms with Gasteiger partial charge in [-0.25, -0.2) is 12.7 Å². The molecule has 2 aliphatic rings. The maximum atomic E-state index is 12.8. The number of hydrogen-bond acceptors (Lipinski definition) is 5. The quantitative estimate of drug-likeness (QED) is 0.682. The first kappa shape index (κ1) is 20.3. The van der Waals surface area contributed by atoms with Crippen LogP contribution in [0.25, 0.3) is 0 Å². The molecule has 3 rings (SSSR count). The molecule has 2 aliphatic heterocycles. The molecule has 7 nitrogen and oxygen atoms in total. The van der Waals surface area contributed by atoms with Gasteiger partial charge in [-0.3, -0.25) is 9.69 Å². The van der Waals surface area contributed by atoms with Crippen molar-refractivity contribution in [2.24, 2.45) is 0 Å². The predicted octanol–water partition coefficient (Wildman–Crippen LogP) is 0.771. The Kier molecular flexibility index (Phi) is 6.86. The lowest BCUT2D eigenvalue weighted by Crippen LogP contribution is -2.44. The summed E-state index contributed by atoms with van der Waals surface area (Å²) >= 11 is 0. The zero-order chi connectivity index (χ0) is 19.3. The minimum Gasteiger partial charge on any atom is -0.383 e. The summed E-state index contributed by atoms with van der Waals surface area (Å²) in [6.07, 6.45) is 1.55. The zero-order valence-electron chi connectivity index (χ0n) is 15.9. The van der Waals surface area contributed by atoms with Crippen molar-refractivity contribution >= 4 is 15.9 Å². The lowest BCUT2D eigenvalue weighted by atomic mass is 10.2. The van der Waals surface area contributed by atoms with E-state index in [1.807, 2.05) is 35.2 Å². The number of benzene rings is 1. The van der Waals surface area contributed by atoms with E-state index in [-0.39, 0.29) is 17.7 Å². The molecule has 0 radical (unpaired) electrons. The summed E-state index contributed by atoms with van der Waals surface area (Å²) < 4.78 is 32.2. The Labute approximate surface area is 161 Å². The molecular weight excluding hydrogens is 366 g/mol. The Morgan fingerprint density at radius 1 is 1.07 bits per heavy atom. The van der Waals surface area contributed by atoms with E-state index in [0.29, 0.717) is 32.8 Å². The smallest absolute Gasteiger partial charge is 0.240 e. The van der Waals surface area contributed by atoms with E-state index in [4.69, 9.17) is 4.74 Å². The summed E-state index contributed by atoms with van der Waals surface area (Å²) in [6, 6.07) is 9.15. The van der Waals surface area contributed by atoms with E-state index in [0.717, 1.165) is 31.5 Å². The third-order valence-corrected chi connectivity index (χ3v) is 7.20. The fraction of sp³-hybridized carbons (Fsp3) is 0.632. The van der Waals surface area contributed by atoms with Gasteiger partial charge in [-0.1, -0.05) is 30.3 Å². The normalized spacial score (nSPS) is 22.9. The van der Waals surface area contributed by atoms with Crippen molar-refractivity contribution in [3.8, 4) is 0 Å². The number of rotatable bonds is 7. The minimum atomic E-state index is -3.35. The molecule has 8 heteroatoms. The van der Waals surface area contributed by atoms with Crippen LogP contribution in [0.4, 0.5) is 0 Å². The summed E-state index contributed by atoms with van der Waals surface area (Å²) in [5.74, 6) is 0.175. The maximum absolute atomic E-state index is 12.8. The lowest BCUT2D eigenvalue weighted by molar-refractivity contribution is -0.132. The van der Waals surface area contributed by atoms with Crippen LogP contribution in [0.2, 0.25) is 0 Å². The van der Waals surface area contributed by atoms with Gasteiger partial charge in [0.15, 0.2) is 0 Å². The second-order valence-electron chi connectivity index (χ2n) is 7.15. The fourth-order valence-electron chi connectivity index (χ4n) is 3.86. The molecule has 0 aromatic heterocycles. The predicted molar refractivity (Wildman–Crippen MR) is 104 cm³/mol. The number of nitrogens with zero attached hydrogens (tertiary/aromatic N) is 3. The van der Waals surface area contributed by atoms with Crippen LogP contribution in [0.15, 0.2) is 30.3 Å². The average Bonchev–Trinajstić information content (AvgIpc) is 2.85. The number of sulfonamides is 1. The molecule has 2 fully saturated rings. The number of ether oxygens (including phenoxy) is 1. The van der Waals surface area contributed by atoms with Gasteiger partial charge >= 0.3 is 0 Å². The maximum Gasteiger partial charge on any atom is 0.240 e. The van der Waals surface area contributed by atoms with Gasteiger partial charge in [-0.15, -0.1) is 0 Å². The first-order chi connectivity index (χ1) is 13.0. The highest BCUT2D eigenvalue weighted by Crippen LogP contribution is 2.20. The topological polar surface area (TPSA) is 70.2 Å². The van der Waals surface area contributed by atoms with Crippen LogP contribution in [0.5, 0.6) is 0 Å². The van der Waals surface area contributed by atoms with Crippen LogP contribution < -0.4 is 0 Å². The molecule has 150 valence electrons. The SMILES string of the molecule is COCCN1CC[C@@H](N2CCCN(S(=O)(=O)Cc3ccccc3)CC2)C1=O. The molecule has 1 atom stereocenters. The first-order valence-corrected chi connectivity index (χ1v) is 11.2. The van der Waals surface area contributed by atoms with Gasteiger partial charge in [0, 0.05) is 46.4 Å². The molecular formula is C19H29N3O4S. The molecule has 0 N–H and O–H groups in total. The Morgan fingerprint density at radius 2 is 1.85 bits per heavy atom. The van der Waals surface area contributed by atoms with Crippen LogP contribution in [0.1, 0.15) is 18.4 Å². The van der Waals surface area contributed by atoms with Crippen LogP contribution in [0.3, 0.4) is 0 Å². The van der Waals surface area contributed by atoms with E-state index in [2.05, 4.69) is 4.90 Å². The molecule has 1 amide bonds. The van der Waals surface area contributed by atoms with E-state index in [1.165, 1.54) is 0 Å². The fourth-order valence-corrected chi connectivity index (χ4v) is 5.43. The van der Waals surface area contributed by atoms with Gasteiger partial charge in [0.25, 0.3) is 0 Å². The van der Waals surface area contributed by atoms with E-state index < -0.39 is 10.0 Å². The van der Waals surface area contributed by atoms with Crippen molar-refractivity contribution in [3.05, 3.63) is 35.9 Å². The van der Waals surface area contributed by atoms with E-state index in [1.54, 1.807) is 11.4 Å². The molecule has 27 heavy (non-hydrogen) atoms.